The minimum Gasteiger partial charge on any atom is -0.457 e. The zero-order valence-corrected chi connectivity index (χ0v) is 18.5. The highest BCUT2D eigenvalue weighted by Crippen LogP contribution is 2.15. The van der Waals surface area contributed by atoms with Gasteiger partial charge in [0.15, 0.2) is 18.2 Å². The summed E-state index contributed by atoms with van der Waals surface area (Å²) in [5.74, 6) is -0.900. The quantitative estimate of drug-likeness (QED) is 0.443. The summed E-state index contributed by atoms with van der Waals surface area (Å²) < 4.78 is 5.03. The number of esters is 1. The van der Waals surface area contributed by atoms with Gasteiger partial charge in [-0.25, -0.2) is 0 Å². The van der Waals surface area contributed by atoms with Gasteiger partial charge in [-0.1, -0.05) is 31.5 Å². The normalized spacial score (nSPS) is 10.6. The van der Waals surface area contributed by atoms with Crippen molar-refractivity contribution in [3.05, 3.63) is 64.7 Å². The molecule has 1 amide bonds. The molecule has 6 nitrogen and oxygen atoms in total. The molecule has 164 valence electrons. The lowest BCUT2D eigenvalue weighted by atomic mass is 9.99. The van der Waals surface area contributed by atoms with Crippen molar-refractivity contribution in [1.82, 2.24) is 0 Å². The lowest BCUT2D eigenvalue weighted by Crippen LogP contribution is -2.16. The fourth-order valence-electron chi connectivity index (χ4n) is 3.01. The van der Waals surface area contributed by atoms with Crippen LogP contribution in [-0.2, 0) is 14.3 Å². The van der Waals surface area contributed by atoms with Crippen LogP contribution in [0, 0.1) is 19.8 Å². The maximum Gasteiger partial charge on any atom is 0.306 e. The zero-order valence-electron chi connectivity index (χ0n) is 18.5. The van der Waals surface area contributed by atoms with Gasteiger partial charge in [-0.05, 0) is 55.7 Å². The molecule has 0 aliphatic heterocycles. The SMILES string of the molecule is Cc1ccc(C)c(C(=O)CCC(=O)OCC(=O)c2ccc(NC(=O)CC(C)C)cc2)c1. The molecular formula is C25H29NO5. The highest BCUT2D eigenvalue weighted by molar-refractivity contribution is 6.00. The van der Waals surface area contributed by atoms with Crippen LogP contribution in [0.15, 0.2) is 42.5 Å². The van der Waals surface area contributed by atoms with E-state index in [0.717, 1.165) is 11.1 Å². The average molecular weight is 424 g/mol. The monoisotopic (exact) mass is 423 g/mol. The van der Waals surface area contributed by atoms with Gasteiger partial charge >= 0.3 is 5.97 Å². The van der Waals surface area contributed by atoms with Crippen LogP contribution in [0.25, 0.3) is 0 Å². The van der Waals surface area contributed by atoms with Crippen LogP contribution >= 0.6 is 0 Å². The minimum absolute atomic E-state index is 0.0299. The first-order chi connectivity index (χ1) is 14.7. The Bertz CT molecular complexity index is 960. The van der Waals surface area contributed by atoms with Gasteiger partial charge in [0.1, 0.15) is 0 Å². The van der Waals surface area contributed by atoms with Gasteiger partial charge in [-0.3, -0.25) is 19.2 Å². The topological polar surface area (TPSA) is 89.5 Å². The van der Waals surface area contributed by atoms with E-state index in [4.69, 9.17) is 4.74 Å². The highest BCUT2D eigenvalue weighted by Gasteiger charge is 2.15. The Balaban J connectivity index is 1.80. The molecule has 0 fully saturated rings. The van der Waals surface area contributed by atoms with Crippen LogP contribution in [-0.4, -0.2) is 30.0 Å². The van der Waals surface area contributed by atoms with Crippen molar-refractivity contribution in [3.8, 4) is 0 Å². The summed E-state index contributed by atoms with van der Waals surface area (Å²) in [5, 5.41) is 2.77. The van der Waals surface area contributed by atoms with Crippen molar-refractivity contribution in [1.29, 1.82) is 0 Å². The Hall–Kier alpha value is -3.28. The second kappa shape index (κ2) is 11.2. The summed E-state index contributed by atoms with van der Waals surface area (Å²) in [7, 11) is 0. The van der Waals surface area contributed by atoms with Crippen LogP contribution in [0.1, 0.15) is 65.0 Å². The largest absolute Gasteiger partial charge is 0.457 e. The van der Waals surface area contributed by atoms with Crippen molar-refractivity contribution < 1.29 is 23.9 Å². The molecular weight excluding hydrogens is 394 g/mol. The summed E-state index contributed by atoms with van der Waals surface area (Å²) in [6, 6.07) is 12.0. The van der Waals surface area contributed by atoms with E-state index in [-0.39, 0.29) is 36.2 Å². The number of hydrogen-bond donors (Lipinski definition) is 1. The Morgan fingerprint density at radius 1 is 0.903 bits per heavy atom. The van der Waals surface area contributed by atoms with Crippen molar-refractivity contribution in [2.75, 3.05) is 11.9 Å². The van der Waals surface area contributed by atoms with Crippen molar-refractivity contribution in [3.63, 3.8) is 0 Å². The first-order valence-corrected chi connectivity index (χ1v) is 10.3. The molecule has 0 heterocycles. The van der Waals surface area contributed by atoms with Gasteiger partial charge in [-0.2, -0.15) is 0 Å². The van der Waals surface area contributed by atoms with E-state index >= 15 is 0 Å². The molecule has 2 rings (SSSR count). The molecule has 31 heavy (non-hydrogen) atoms. The van der Waals surface area contributed by atoms with Crippen LogP contribution < -0.4 is 5.32 Å². The van der Waals surface area contributed by atoms with E-state index in [0.29, 0.717) is 23.2 Å². The molecule has 0 atom stereocenters. The van der Waals surface area contributed by atoms with E-state index in [1.807, 2.05) is 39.8 Å². The number of ether oxygens (including phenoxy) is 1. The summed E-state index contributed by atoms with van der Waals surface area (Å²) >= 11 is 0. The van der Waals surface area contributed by atoms with Gasteiger partial charge in [0.25, 0.3) is 0 Å². The fraction of sp³-hybridized carbons (Fsp3) is 0.360. The van der Waals surface area contributed by atoms with E-state index in [1.54, 1.807) is 30.3 Å². The number of ketones is 2. The average Bonchev–Trinajstić information content (AvgIpc) is 2.71. The summed E-state index contributed by atoms with van der Waals surface area (Å²) in [5.41, 5.74) is 3.42. The number of aryl methyl sites for hydroxylation is 2. The van der Waals surface area contributed by atoms with Crippen molar-refractivity contribution >= 4 is 29.1 Å². The predicted octanol–water partition coefficient (Wildman–Crippen LogP) is 4.68. The molecule has 0 saturated heterocycles. The smallest absolute Gasteiger partial charge is 0.306 e. The number of nitrogens with one attached hydrogen (secondary N) is 1. The Morgan fingerprint density at radius 2 is 1.58 bits per heavy atom. The number of carbonyl (C=O) groups excluding carboxylic acids is 4. The van der Waals surface area contributed by atoms with Crippen LogP contribution in [0.2, 0.25) is 0 Å². The van der Waals surface area contributed by atoms with Crippen LogP contribution in [0.4, 0.5) is 5.69 Å². The third-order valence-electron chi connectivity index (χ3n) is 4.70. The Morgan fingerprint density at radius 3 is 2.23 bits per heavy atom. The molecule has 2 aromatic rings. The van der Waals surface area contributed by atoms with Crippen molar-refractivity contribution in [2.45, 2.75) is 47.0 Å². The highest BCUT2D eigenvalue weighted by atomic mass is 16.5. The van der Waals surface area contributed by atoms with Gasteiger partial charge in [0, 0.05) is 29.7 Å². The number of rotatable bonds is 10. The maximum absolute atomic E-state index is 12.3. The number of carbonyl (C=O) groups is 4. The van der Waals surface area contributed by atoms with Gasteiger partial charge < -0.3 is 10.1 Å². The minimum atomic E-state index is -0.593. The lowest BCUT2D eigenvalue weighted by Gasteiger charge is -2.08. The fourth-order valence-corrected chi connectivity index (χ4v) is 3.01. The lowest BCUT2D eigenvalue weighted by molar-refractivity contribution is -0.142. The molecule has 0 saturated carbocycles. The maximum atomic E-state index is 12.3. The van der Waals surface area contributed by atoms with Crippen LogP contribution in [0.3, 0.4) is 0 Å². The first-order valence-electron chi connectivity index (χ1n) is 10.3. The van der Waals surface area contributed by atoms with Gasteiger partial charge in [-0.15, -0.1) is 0 Å². The molecule has 0 aromatic heterocycles. The second-order valence-corrected chi connectivity index (χ2v) is 8.05. The summed E-state index contributed by atoms with van der Waals surface area (Å²) in [6.45, 7) is 7.28. The second-order valence-electron chi connectivity index (χ2n) is 8.05. The molecule has 0 bridgehead atoms. The predicted molar refractivity (Wildman–Crippen MR) is 119 cm³/mol. The standard InChI is InChI=1S/C25H29NO5/c1-16(2)13-24(29)26-20-9-7-19(8-10-20)23(28)15-31-25(30)12-11-22(27)21-14-17(3)5-6-18(21)4/h5-10,14,16H,11-13,15H2,1-4H3,(H,26,29). The van der Waals surface area contributed by atoms with Crippen LogP contribution in [0.5, 0.6) is 0 Å². The molecule has 0 radical (unpaired) electrons. The van der Waals surface area contributed by atoms with Gasteiger partial charge in [0.2, 0.25) is 5.91 Å². The molecule has 0 unspecified atom stereocenters. The summed E-state index contributed by atoms with van der Waals surface area (Å²) in [4.78, 5) is 48.3. The molecule has 1 N–H and O–H groups in total. The number of hydrogen-bond acceptors (Lipinski definition) is 5. The third-order valence-corrected chi connectivity index (χ3v) is 4.70. The number of benzene rings is 2. The zero-order chi connectivity index (χ0) is 23.0. The third kappa shape index (κ3) is 7.81. The number of amides is 1. The first kappa shape index (κ1) is 24.0. The molecule has 2 aromatic carbocycles. The number of Topliss-reactive ketones (excluding diaryl/α,β-unsaturated/α-hetero) is 2. The van der Waals surface area contributed by atoms with Gasteiger partial charge in [0.05, 0.1) is 6.42 Å². The molecule has 0 aliphatic carbocycles. The van der Waals surface area contributed by atoms with Crippen molar-refractivity contribution in [2.24, 2.45) is 5.92 Å². The molecule has 0 spiro atoms. The molecule has 6 heteroatoms. The number of anilines is 1. The Labute approximate surface area is 183 Å². The van der Waals surface area contributed by atoms with E-state index in [2.05, 4.69) is 5.32 Å². The Kier molecular flexibility index (Phi) is 8.67. The summed E-state index contributed by atoms with van der Waals surface area (Å²) in [6.07, 6.45) is 0.366. The van der Waals surface area contributed by atoms with E-state index in [9.17, 15) is 19.2 Å². The van der Waals surface area contributed by atoms with E-state index in [1.165, 1.54) is 0 Å². The van der Waals surface area contributed by atoms with E-state index < -0.39 is 12.6 Å². The molecule has 0 aliphatic rings.